The summed E-state index contributed by atoms with van der Waals surface area (Å²) in [6.45, 7) is -0.472. The summed E-state index contributed by atoms with van der Waals surface area (Å²) in [4.78, 5) is 12.4. The molecule has 0 unspecified atom stereocenters. The average molecular weight is 401 g/mol. The molecule has 1 saturated heterocycles. The minimum absolute atomic E-state index is 0.117. The summed E-state index contributed by atoms with van der Waals surface area (Å²) in [6, 6.07) is 6.37. The van der Waals surface area contributed by atoms with Gasteiger partial charge in [-0.2, -0.15) is 5.10 Å². The predicted molar refractivity (Wildman–Crippen MR) is 102 cm³/mol. The number of aromatic hydroxyl groups is 1. The van der Waals surface area contributed by atoms with Crippen molar-refractivity contribution >= 4 is 29.1 Å². The molecule has 1 fully saturated rings. The normalized spacial score (nSPS) is 24.5. The summed E-state index contributed by atoms with van der Waals surface area (Å²) in [7, 11) is 0. The zero-order valence-electron chi connectivity index (χ0n) is 15.0. The molecule has 3 aromatic rings. The number of phenols is 1. The minimum Gasteiger partial charge on any atom is -0.508 e. The number of rotatable bonds is 5. The molecule has 12 nitrogen and oxygen atoms in total. The lowest BCUT2D eigenvalue weighted by molar-refractivity contribution is -0.0501. The molecule has 7 N–H and O–H groups in total. The van der Waals surface area contributed by atoms with E-state index in [1.54, 1.807) is 12.1 Å². The van der Waals surface area contributed by atoms with Gasteiger partial charge in [0, 0.05) is 0 Å². The first kappa shape index (κ1) is 19.0. The van der Waals surface area contributed by atoms with Gasteiger partial charge in [0.2, 0.25) is 5.95 Å². The van der Waals surface area contributed by atoms with Crippen LogP contribution in [0.25, 0.3) is 11.2 Å². The lowest BCUT2D eigenvalue weighted by atomic mass is 10.1. The quantitative estimate of drug-likeness (QED) is 0.233. The number of nitrogens with zero attached hydrogens (tertiary/aromatic N) is 5. The number of aliphatic hydroxyl groups is 3. The topological polar surface area (TPSA) is 184 Å². The lowest BCUT2D eigenvalue weighted by Crippen LogP contribution is -2.33. The summed E-state index contributed by atoms with van der Waals surface area (Å²) in [5.41, 5.74) is 9.84. The number of aromatic nitrogens is 4. The molecule has 29 heavy (non-hydrogen) atoms. The highest BCUT2D eigenvalue weighted by Gasteiger charge is 2.45. The van der Waals surface area contributed by atoms with Gasteiger partial charge in [-0.1, -0.05) is 0 Å². The van der Waals surface area contributed by atoms with E-state index in [4.69, 9.17) is 10.5 Å². The molecule has 12 heteroatoms. The van der Waals surface area contributed by atoms with E-state index in [9.17, 15) is 20.4 Å². The van der Waals surface area contributed by atoms with Crippen LogP contribution in [0.4, 0.5) is 11.8 Å². The molecule has 0 spiro atoms. The van der Waals surface area contributed by atoms with Crippen LogP contribution in [-0.2, 0) is 4.74 Å². The Balaban J connectivity index is 1.71. The number of benzene rings is 1. The molecule has 152 valence electrons. The van der Waals surface area contributed by atoms with Crippen molar-refractivity contribution in [2.45, 2.75) is 24.5 Å². The molecule has 1 aliphatic heterocycles. The number of nitrogens with one attached hydrogen (secondary N) is 1. The maximum Gasteiger partial charge on any atom is 0.228 e. The second kappa shape index (κ2) is 7.60. The predicted octanol–water partition coefficient (Wildman–Crippen LogP) is -0.828. The van der Waals surface area contributed by atoms with Gasteiger partial charge in [0.25, 0.3) is 0 Å². The molecule has 2 aromatic heterocycles. The van der Waals surface area contributed by atoms with Crippen LogP contribution in [0.15, 0.2) is 35.7 Å². The van der Waals surface area contributed by atoms with Crippen molar-refractivity contribution in [3.05, 3.63) is 36.2 Å². The molecule has 4 rings (SSSR count). The molecular formula is C17H19N7O5. The fraction of sp³-hybridized carbons (Fsp3) is 0.294. The number of hydrazone groups is 1. The Labute approximate surface area is 163 Å². The fourth-order valence-electron chi connectivity index (χ4n) is 3.06. The van der Waals surface area contributed by atoms with Crippen LogP contribution >= 0.6 is 0 Å². The molecule has 0 saturated carbocycles. The molecule has 0 aliphatic carbocycles. The summed E-state index contributed by atoms with van der Waals surface area (Å²) in [6.07, 6.45) is -1.97. The number of fused-ring (bicyclic) bond motifs is 1. The molecule has 0 radical (unpaired) electrons. The summed E-state index contributed by atoms with van der Waals surface area (Å²) in [5, 5.41) is 43.3. The van der Waals surface area contributed by atoms with Gasteiger partial charge in [0.15, 0.2) is 23.2 Å². The number of nitrogen functional groups attached to an aromatic ring is 1. The van der Waals surface area contributed by atoms with Crippen molar-refractivity contribution in [1.82, 2.24) is 19.5 Å². The number of ether oxygens (including phenoxy) is 1. The third-order valence-corrected chi connectivity index (χ3v) is 4.55. The Morgan fingerprint density at radius 2 is 1.97 bits per heavy atom. The van der Waals surface area contributed by atoms with E-state index in [0.717, 1.165) is 0 Å². The van der Waals surface area contributed by atoms with Gasteiger partial charge in [0.1, 0.15) is 30.4 Å². The average Bonchev–Trinajstić information content (AvgIpc) is 3.22. The maximum absolute atomic E-state index is 10.4. The standard InChI is InChI=1S/C17H19N7O5/c18-14-11-15(20-7-19-14)24(16-13(28)12(27)10(6-25)29-16)17(22-11)23-21-5-8-1-3-9(26)4-2-8/h1-5,7,10,12-13,16,25-28H,6H2,(H,22,23)(H2,18,19,20)/t10-,12+,13+,16+/m0/s1. The highest BCUT2D eigenvalue weighted by molar-refractivity contribution is 5.84. The first-order chi connectivity index (χ1) is 14.0. The van der Waals surface area contributed by atoms with Crippen LogP contribution in [0.1, 0.15) is 11.8 Å². The largest absolute Gasteiger partial charge is 0.508 e. The molecule has 0 bridgehead atoms. The van der Waals surface area contributed by atoms with Gasteiger partial charge in [-0.05, 0) is 29.8 Å². The Kier molecular flexibility index (Phi) is 4.98. The minimum atomic E-state index is -1.35. The highest BCUT2D eigenvalue weighted by atomic mass is 16.6. The first-order valence-electron chi connectivity index (χ1n) is 8.68. The van der Waals surface area contributed by atoms with E-state index in [-0.39, 0.29) is 28.7 Å². The van der Waals surface area contributed by atoms with Crippen LogP contribution < -0.4 is 11.2 Å². The Bertz CT molecular complexity index is 1040. The van der Waals surface area contributed by atoms with Gasteiger partial charge in [-0.15, -0.1) is 0 Å². The number of nitrogens with two attached hydrogens (primary N) is 1. The monoisotopic (exact) mass is 401 g/mol. The summed E-state index contributed by atoms with van der Waals surface area (Å²) >= 11 is 0. The number of hydrogen-bond donors (Lipinski definition) is 6. The Hall–Kier alpha value is -3.32. The Morgan fingerprint density at radius 1 is 1.21 bits per heavy atom. The third-order valence-electron chi connectivity index (χ3n) is 4.55. The van der Waals surface area contributed by atoms with Crippen LogP contribution in [0.2, 0.25) is 0 Å². The maximum atomic E-state index is 10.4. The third kappa shape index (κ3) is 3.45. The molecular weight excluding hydrogens is 382 g/mol. The van der Waals surface area contributed by atoms with Crippen molar-refractivity contribution in [1.29, 1.82) is 0 Å². The lowest BCUT2D eigenvalue weighted by Gasteiger charge is -2.18. The number of hydrogen-bond acceptors (Lipinski definition) is 11. The van der Waals surface area contributed by atoms with Crippen molar-refractivity contribution < 1.29 is 25.2 Å². The first-order valence-corrected chi connectivity index (χ1v) is 8.68. The molecule has 3 heterocycles. The smallest absolute Gasteiger partial charge is 0.228 e. The fourth-order valence-corrected chi connectivity index (χ4v) is 3.06. The number of anilines is 2. The van der Waals surface area contributed by atoms with Crippen LogP contribution in [-0.4, -0.2) is 71.1 Å². The number of imidazole rings is 1. The molecule has 1 aliphatic rings. The van der Waals surface area contributed by atoms with E-state index in [2.05, 4.69) is 25.5 Å². The van der Waals surface area contributed by atoms with Crippen molar-refractivity contribution in [2.75, 3.05) is 17.8 Å². The van der Waals surface area contributed by atoms with Crippen LogP contribution in [0.5, 0.6) is 5.75 Å². The van der Waals surface area contributed by atoms with Crippen molar-refractivity contribution in [3.8, 4) is 5.75 Å². The summed E-state index contributed by atoms with van der Waals surface area (Å²) < 4.78 is 6.99. The van der Waals surface area contributed by atoms with Gasteiger partial charge < -0.3 is 30.9 Å². The van der Waals surface area contributed by atoms with E-state index < -0.39 is 31.1 Å². The van der Waals surface area contributed by atoms with Crippen molar-refractivity contribution in [2.24, 2.45) is 5.10 Å². The van der Waals surface area contributed by atoms with E-state index >= 15 is 0 Å². The number of phenolic OH excluding ortho intramolecular Hbond substituents is 1. The van der Waals surface area contributed by atoms with E-state index in [1.165, 1.54) is 29.2 Å². The van der Waals surface area contributed by atoms with Crippen LogP contribution in [0, 0.1) is 0 Å². The molecule has 1 aromatic carbocycles. The van der Waals surface area contributed by atoms with Gasteiger partial charge in [-0.25, -0.2) is 20.4 Å². The van der Waals surface area contributed by atoms with E-state index in [0.29, 0.717) is 5.56 Å². The zero-order valence-corrected chi connectivity index (χ0v) is 15.0. The molecule has 4 atom stereocenters. The zero-order chi connectivity index (χ0) is 20.5. The Morgan fingerprint density at radius 3 is 2.66 bits per heavy atom. The molecule has 0 amide bonds. The summed E-state index contributed by atoms with van der Waals surface area (Å²) in [5.74, 6) is 0.387. The van der Waals surface area contributed by atoms with Crippen LogP contribution in [0.3, 0.4) is 0 Å². The van der Waals surface area contributed by atoms with E-state index in [1.807, 2.05) is 0 Å². The second-order valence-electron chi connectivity index (χ2n) is 6.43. The van der Waals surface area contributed by atoms with Crippen molar-refractivity contribution in [3.63, 3.8) is 0 Å². The van der Waals surface area contributed by atoms with Gasteiger partial charge >= 0.3 is 0 Å². The SMILES string of the molecule is Nc1ncnc2c1nc(NN=Cc1ccc(O)cc1)n2[C@@H]1O[C@@H](CO)[C@@H](O)[C@H]1O. The highest BCUT2D eigenvalue weighted by Crippen LogP contribution is 2.35. The van der Waals surface area contributed by atoms with Gasteiger partial charge in [0.05, 0.1) is 12.8 Å². The number of aliphatic hydroxyl groups excluding tert-OH is 3. The second-order valence-corrected chi connectivity index (χ2v) is 6.43. The van der Waals surface area contributed by atoms with Gasteiger partial charge in [-0.3, -0.25) is 4.57 Å².